The van der Waals surface area contributed by atoms with Crippen molar-refractivity contribution in [3.8, 4) is 16.9 Å². The van der Waals surface area contributed by atoms with Gasteiger partial charge >= 0.3 is 5.63 Å². The van der Waals surface area contributed by atoms with E-state index in [0.29, 0.717) is 33.2 Å². The number of halogens is 1. The molecule has 3 aromatic carbocycles. The van der Waals surface area contributed by atoms with E-state index in [-0.39, 0.29) is 12.5 Å². The molecule has 1 N–H and O–H groups in total. The van der Waals surface area contributed by atoms with Gasteiger partial charge < -0.3 is 14.5 Å². The second-order valence-electron chi connectivity index (χ2n) is 7.29. The zero-order chi connectivity index (χ0) is 22.0. The fourth-order valence-corrected chi connectivity index (χ4v) is 3.64. The number of anilines is 1. The van der Waals surface area contributed by atoms with Crippen LogP contribution in [0.15, 0.2) is 75.9 Å². The summed E-state index contributed by atoms with van der Waals surface area (Å²) in [6, 6.07) is 19.8. The minimum absolute atomic E-state index is 0.127. The molecule has 31 heavy (non-hydrogen) atoms. The van der Waals surface area contributed by atoms with Crippen LogP contribution in [-0.2, 0) is 4.79 Å². The van der Waals surface area contributed by atoms with Crippen molar-refractivity contribution in [1.29, 1.82) is 0 Å². The molecule has 4 rings (SSSR count). The molecule has 0 fully saturated rings. The topological polar surface area (TPSA) is 68.5 Å². The van der Waals surface area contributed by atoms with Gasteiger partial charge in [0.2, 0.25) is 0 Å². The lowest BCUT2D eigenvalue weighted by molar-refractivity contribution is -0.118. The number of nitrogens with one attached hydrogen (secondary N) is 1. The second-order valence-corrected chi connectivity index (χ2v) is 7.69. The highest BCUT2D eigenvalue weighted by Crippen LogP contribution is 2.30. The lowest BCUT2D eigenvalue weighted by Gasteiger charge is -2.11. The van der Waals surface area contributed by atoms with Crippen LogP contribution in [0, 0.1) is 13.8 Å². The maximum atomic E-state index is 12.4. The maximum absolute atomic E-state index is 12.4. The first-order valence-electron chi connectivity index (χ1n) is 9.73. The lowest BCUT2D eigenvalue weighted by atomic mass is 10.1. The average Bonchev–Trinajstić information content (AvgIpc) is 2.73. The van der Waals surface area contributed by atoms with E-state index in [0.717, 1.165) is 16.5 Å². The van der Waals surface area contributed by atoms with Gasteiger partial charge in [0.25, 0.3) is 5.91 Å². The molecule has 0 saturated carbocycles. The molecule has 0 aliphatic carbocycles. The van der Waals surface area contributed by atoms with E-state index in [1.54, 1.807) is 36.4 Å². The molecular weight excluding hydrogens is 414 g/mol. The maximum Gasteiger partial charge on any atom is 0.344 e. The predicted molar refractivity (Wildman–Crippen MR) is 123 cm³/mol. The number of aryl methyl sites for hydroxylation is 2. The minimum Gasteiger partial charge on any atom is -0.483 e. The molecule has 0 spiro atoms. The Morgan fingerprint density at radius 2 is 1.81 bits per heavy atom. The number of hydrogen-bond acceptors (Lipinski definition) is 4. The summed E-state index contributed by atoms with van der Waals surface area (Å²) in [5.41, 5.74) is 3.54. The Hall–Kier alpha value is -3.57. The van der Waals surface area contributed by atoms with Crippen LogP contribution in [0.2, 0.25) is 5.02 Å². The molecular formula is C25H20ClNO4. The monoisotopic (exact) mass is 433 g/mol. The Labute approximate surface area is 184 Å². The zero-order valence-electron chi connectivity index (χ0n) is 17.1. The molecule has 0 saturated heterocycles. The number of benzene rings is 3. The number of rotatable bonds is 5. The molecule has 1 heterocycles. The first-order chi connectivity index (χ1) is 14.9. The van der Waals surface area contributed by atoms with E-state index in [2.05, 4.69) is 5.32 Å². The summed E-state index contributed by atoms with van der Waals surface area (Å²) in [6.07, 6.45) is 0. The van der Waals surface area contributed by atoms with E-state index < -0.39 is 5.63 Å². The fraction of sp³-hybridized carbons (Fsp3) is 0.120. The summed E-state index contributed by atoms with van der Waals surface area (Å²) >= 11 is 6.42. The van der Waals surface area contributed by atoms with Crippen LogP contribution in [0.1, 0.15) is 11.1 Å². The average molecular weight is 434 g/mol. The van der Waals surface area contributed by atoms with Crippen molar-refractivity contribution in [1.82, 2.24) is 0 Å². The van der Waals surface area contributed by atoms with Crippen molar-refractivity contribution >= 4 is 34.2 Å². The molecule has 0 atom stereocenters. The third-order valence-corrected chi connectivity index (χ3v) is 5.19. The number of ether oxygens (including phenoxy) is 1. The van der Waals surface area contributed by atoms with Crippen LogP contribution < -0.4 is 15.7 Å². The van der Waals surface area contributed by atoms with Gasteiger partial charge in [0, 0.05) is 16.6 Å². The number of amides is 1. The Morgan fingerprint density at radius 3 is 2.58 bits per heavy atom. The van der Waals surface area contributed by atoms with Gasteiger partial charge in [0.05, 0.1) is 10.6 Å². The van der Waals surface area contributed by atoms with Crippen molar-refractivity contribution in [3.05, 3.63) is 93.3 Å². The van der Waals surface area contributed by atoms with Gasteiger partial charge in [0.1, 0.15) is 11.3 Å². The van der Waals surface area contributed by atoms with E-state index in [9.17, 15) is 9.59 Å². The Bertz CT molecular complexity index is 1340. The van der Waals surface area contributed by atoms with Gasteiger partial charge in [-0.05, 0) is 49.7 Å². The summed E-state index contributed by atoms with van der Waals surface area (Å²) in [7, 11) is 0. The molecule has 0 bridgehead atoms. The van der Waals surface area contributed by atoms with E-state index in [4.69, 9.17) is 20.8 Å². The van der Waals surface area contributed by atoms with Gasteiger partial charge in [0.15, 0.2) is 6.61 Å². The first-order valence-corrected chi connectivity index (χ1v) is 10.1. The Balaban J connectivity index is 1.49. The molecule has 1 amide bonds. The van der Waals surface area contributed by atoms with Crippen LogP contribution in [0.3, 0.4) is 0 Å². The van der Waals surface area contributed by atoms with Crippen LogP contribution in [-0.4, -0.2) is 12.5 Å². The lowest BCUT2D eigenvalue weighted by Crippen LogP contribution is -2.20. The van der Waals surface area contributed by atoms with Crippen molar-refractivity contribution in [2.75, 3.05) is 11.9 Å². The Morgan fingerprint density at radius 1 is 1.00 bits per heavy atom. The van der Waals surface area contributed by atoms with Crippen LogP contribution >= 0.6 is 11.6 Å². The SMILES string of the molecule is Cc1ccc(OCC(=O)Nc2ccc(-c3cc4ccccc4oc3=O)c(Cl)c2)c(C)c1. The van der Waals surface area contributed by atoms with Crippen molar-refractivity contribution in [2.24, 2.45) is 0 Å². The van der Waals surface area contributed by atoms with Gasteiger partial charge in [-0.15, -0.1) is 0 Å². The minimum atomic E-state index is -0.473. The number of para-hydroxylation sites is 1. The number of hydrogen-bond donors (Lipinski definition) is 1. The van der Waals surface area contributed by atoms with E-state index in [1.807, 2.05) is 44.2 Å². The standard InChI is InChI=1S/C25H20ClNO4/c1-15-7-10-22(16(2)11-15)30-14-24(28)27-18-8-9-19(21(26)13-18)20-12-17-5-3-4-6-23(17)31-25(20)29/h3-13H,14H2,1-2H3,(H,27,28). The molecule has 0 radical (unpaired) electrons. The first kappa shape index (κ1) is 20.7. The van der Waals surface area contributed by atoms with Crippen LogP contribution in [0.4, 0.5) is 5.69 Å². The van der Waals surface area contributed by atoms with E-state index in [1.165, 1.54) is 0 Å². The summed E-state index contributed by atoms with van der Waals surface area (Å²) in [5, 5.41) is 3.89. The molecule has 5 nitrogen and oxygen atoms in total. The molecule has 6 heteroatoms. The summed E-state index contributed by atoms with van der Waals surface area (Å²) in [5.74, 6) is 0.353. The number of carbonyl (C=O) groups excluding carboxylic acids is 1. The largest absolute Gasteiger partial charge is 0.483 e. The highest BCUT2D eigenvalue weighted by Gasteiger charge is 2.13. The third-order valence-electron chi connectivity index (χ3n) is 4.87. The zero-order valence-corrected chi connectivity index (χ0v) is 17.8. The quantitative estimate of drug-likeness (QED) is 0.407. The third kappa shape index (κ3) is 4.62. The highest BCUT2D eigenvalue weighted by molar-refractivity contribution is 6.33. The fourth-order valence-electron chi connectivity index (χ4n) is 3.36. The predicted octanol–water partition coefficient (Wildman–Crippen LogP) is 5.75. The van der Waals surface area contributed by atoms with Crippen molar-refractivity contribution in [3.63, 3.8) is 0 Å². The smallest absolute Gasteiger partial charge is 0.344 e. The summed E-state index contributed by atoms with van der Waals surface area (Å²) in [6.45, 7) is 3.80. The number of fused-ring (bicyclic) bond motifs is 1. The molecule has 4 aromatic rings. The summed E-state index contributed by atoms with van der Waals surface area (Å²) in [4.78, 5) is 24.7. The van der Waals surface area contributed by atoms with Crippen molar-refractivity contribution < 1.29 is 13.9 Å². The summed E-state index contributed by atoms with van der Waals surface area (Å²) < 4.78 is 11.0. The van der Waals surface area contributed by atoms with Gasteiger partial charge in [-0.1, -0.05) is 53.6 Å². The molecule has 0 unspecified atom stereocenters. The van der Waals surface area contributed by atoms with Gasteiger partial charge in [-0.2, -0.15) is 0 Å². The van der Waals surface area contributed by atoms with Crippen LogP contribution in [0.5, 0.6) is 5.75 Å². The van der Waals surface area contributed by atoms with E-state index >= 15 is 0 Å². The number of carbonyl (C=O) groups is 1. The second kappa shape index (κ2) is 8.66. The van der Waals surface area contributed by atoms with Gasteiger partial charge in [-0.25, -0.2) is 4.79 Å². The highest BCUT2D eigenvalue weighted by atomic mass is 35.5. The van der Waals surface area contributed by atoms with Gasteiger partial charge in [-0.3, -0.25) is 4.79 Å². The normalized spacial score (nSPS) is 10.8. The van der Waals surface area contributed by atoms with Crippen LogP contribution in [0.25, 0.3) is 22.1 Å². The molecule has 156 valence electrons. The van der Waals surface area contributed by atoms with Crippen molar-refractivity contribution in [2.45, 2.75) is 13.8 Å². The molecule has 1 aromatic heterocycles. The Kier molecular flexibility index (Phi) is 5.78. The molecule has 0 aliphatic heterocycles. The molecule has 0 aliphatic rings.